The van der Waals surface area contributed by atoms with E-state index in [-0.39, 0.29) is 5.57 Å². The summed E-state index contributed by atoms with van der Waals surface area (Å²) < 4.78 is 0. The maximum Gasteiger partial charge on any atom is 0.335 e. The molecule has 0 radical (unpaired) electrons. The summed E-state index contributed by atoms with van der Waals surface area (Å²) in [5.74, 6) is -0.635. The molecule has 0 saturated heterocycles. The van der Waals surface area contributed by atoms with Crippen LogP contribution in [-0.2, 0) is 4.79 Å². The van der Waals surface area contributed by atoms with Crippen molar-refractivity contribution in [2.75, 3.05) is 5.88 Å². The van der Waals surface area contributed by atoms with Gasteiger partial charge in [0.15, 0.2) is 0 Å². The van der Waals surface area contributed by atoms with Crippen molar-refractivity contribution >= 4 is 17.6 Å². The van der Waals surface area contributed by atoms with Crippen molar-refractivity contribution in [3.05, 3.63) is 36.0 Å². The van der Waals surface area contributed by atoms with Crippen LogP contribution in [0.5, 0.6) is 0 Å². The number of allylic oxidation sites excluding steroid dienone is 3. The molecule has 12 heavy (non-hydrogen) atoms. The van der Waals surface area contributed by atoms with Crippen molar-refractivity contribution in [3.63, 3.8) is 0 Å². The Morgan fingerprint density at radius 1 is 1.58 bits per heavy atom. The van der Waals surface area contributed by atoms with Crippen molar-refractivity contribution in [3.8, 4) is 0 Å². The van der Waals surface area contributed by atoms with E-state index < -0.39 is 5.97 Å². The summed E-state index contributed by atoms with van der Waals surface area (Å²) in [5.41, 5.74) is 0.929. The highest BCUT2D eigenvalue weighted by atomic mass is 35.5. The molecule has 0 heterocycles. The molecule has 0 rings (SSSR count). The van der Waals surface area contributed by atoms with Gasteiger partial charge in [-0.25, -0.2) is 4.79 Å². The van der Waals surface area contributed by atoms with Gasteiger partial charge in [0.25, 0.3) is 0 Å². The minimum atomic E-state index is -0.948. The van der Waals surface area contributed by atoms with Crippen LogP contribution in [0.15, 0.2) is 36.0 Å². The smallest absolute Gasteiger partial charge is 0.335 e. The van der Waals surface area contributed by atoms with E-state index in [1.807, 2.05) is 0 Å². The summed E-state index contributed by atoms with van der Waals surface area (Å²) in [6.45, 7) is 5.26. The summed E-state index contributed by atoms with van der Waals surface area (Å²) >= 11 is 5.44. The molecule has 0 unspecified atom stereocenters. The maximum absolute atomic E-state index is 10.4. The molecule has 0 aromatic carbocycles. The van der Waals surface area contributed by atoms with E-state index in [1.54, 1.807) is 13.0 Å². The second kappa shape index (κ2) is 5.61. The van der Waals surface area contributed by atoms with Gasteiger partial charge in [-0.1, -0.05) is 18.7 Å². The van der Waals surface area contributed by atoms with Crippen LogP contribution in [0.25, 0.3) is 0 Å². The normalized spacial score (nSPS) is 12.0. The molecule has 0 aromatic rings. The lowest BCUT2D eigenvalue weighted by molar-refractivity contribution is -0.132. The molecular formula is C9H11ClO2. The van der Waals surface area contributed by atoms with Crippen LogP contribution >= 0.6 is 11.6 Å². The molecule has 0 saturated carbocycles. The van der Waals surface area contributed by atoms with Gasteiger partial charge in [0.1, 0.15) is 0 Å². The fraction of sp³-hybridized carbons (Fsp3) is 0.222. The van der Waals surface area contributed by atoms with Crippen LogP contribution in [-0.4, -0.2) is 17.0 Å². The molecule has 0 aromatic heterocycles. The summed E-state index contributed by atoms with van der Waals surface area (Å²) in [4.78, 5) is 10.4. The van der Waals surface area contributed by atoms with E-state index in [1.165, 1.54) is 12.2 Å². The zero-order valence-corrected chi connectivity index (χ0v) is 7.64. The molecule has 0 aliphatic carbocycles. The molecule has 3 heteroatoms. The highest BCUT2D eigenvalue weighted by Crippen LogP contribution is 2.01. The largest absolute Gasteiger partial charge is 0.478 e. The minimum absolute atomic E-state index is 0.237. The molecule has 0 amide bonds. The van der Waals surface area contributed by atoms with Crippen LogP contribution in [0.1, 0.15) is 6.92 Å². The monoisotopic (exact) mass is 186 g/mol. The van der Waals surface area contributed by atoms with Gasteiger partial charge >= 0.3 is 5.97 Å². The molecule has 0 bridgehead atoms. The number of hydrogen-bond donors (Lipinski definition) is 1. The number of carbonyl (C=O) groups is 1. The average molecular weight is 187 g/mol. The highest BCUT2D eigenvalue weighted by molar-refractivity contribution is 6.19. The van der Waals surface area contributed by atoms with Gasteiger partial charge in [0.2, 0.25) is 0 Å². The predicted octanol–water partition coefficient (Wildman–Crippen LogP) is 2.37. The first-order valence-electron chi connectivity index (χ1n) is 3.43. The van der Waals surface area contributed by atoms with E-state index in [4.69, 9.17) is 16.7 Å². The number of carboxylic acid groups (broad SMARTS) is 1. The van der Waals surface area contributed by atoms with E-state index in [9.17, 15) is 4.79 Å². The first kappa shape index (κ1) is 11.0. The Bertz CT molecular complexity index is 239. The lowest BCUT2D eigenvalue weighted by atomic mass is 10.2. The first-order chi connectivity index (χ1) is 5.61. The first-order valence-corrected chi connectivity index (χ1v) is 3.96. The highest BCUT2D eigenvalue weighted by Gasteiger charge is 1.99. The standard InChI is InChI=1S/C9H11ClO2/c1-3-8(9(11)12)5-4-7(2)6-10/h3-5H,2,6H2,1H3,(H,11,12)/b5-4-,8-3+. The second-order valence-corrected chi connectivity index (χ2v) is 2.44. The lowest BCUT2D eigenvalue weighted by Gasteiger charge is -1.92. The molecule has 0 aliphatic rings. The minimum Gasteiger partial charge on any atom is -0.478 e. The Kier molecular flexibility index (Phi) is 5.13. The molecule has 0 aliphatic heterocycles. The van der Waals surface area contributed by atoms with Gasteiger partial charge in [-0.3, -0.25) is 0 Å². The third kappa shape index (κ3) is 3.98. The predicted molar refractivity (Wildman–Crippen MR) is 50.4 cm³/mol. The van der Waals surface area contributed by atoms with E-state index >= 15 is 0 Å². The van der Waals surface area contributed by atoms with Crippen LogP contribution in [0.2, 0.25) is 0 Å². The fourth-order valence-electron chi connectivity index (χ4n) is 0.543. The summed E-state index contributed by atoms with van der Waals surface area (Å²) in [5, 5.41) is 8.58. The quantitative estimate of drug-likeness (QED) is 0.416. The van der Waals surface area contributed by atoms with Crippen LogP contribution in [0.4, 0.5) is 0 Å². The Morgan fingerprint density at radius 2 is 2.17 bits per heavy atom. The number of hydrogen-bond acceptors (Lipinski definition) is 1. The van der Waals surface area contributed by atoms with Gasteiger partial charge in [0, 0.05) is 5.88 Å². The van der Waals surface area contributed by atoms with Crippen LogP contribution in [0.3, 0.4) is 0 Å². The SMILES string of the molecule is C=C(/C=C\C(=C/C)C(=O)O)CCl. The molecule has 66 valence electrons. The Hall–Kier alpha value is -1.02. The Morgan fingerprint density at radius 3 is 2.50 bits per heavy atom. The Balaban J connectivity index is 4.32. The third-order valence-corrected chi connectivity index (χ3v) is 1.57. The van der Waals surface area contributed by atoms with Crippen LogP contribution in [0, 0.1) is 0 Å². The van der Waals surface area contributed by atoms with Gasteiger partial charge in [-0.15, -0.1) is 11.6 Å². The topological polar surface area (TPSA) is 37.3 Å². The molecule has 0 spiro atoms. The number of aliphatic carboxylic acids is 1. The van der Waals surface area contributed by atoms with Gasteiger partial charge < -0.3 is 5.11 Å². The van der Waals surface area contributed by atoms with Gasteiger partial charge in [-0.05, 0) is 18.6 Å². The van der Waals surface area contributed by atoms with E-state index in [0.29, 0.717) is 11.5 Å². The number of rotatable bonds is 4. The molecular weight excluding hydrogens is 176 g/mol. The number of alkyl halides is 1. The number of halogens is 1. The zero-order chi connectivity index (χ0) is 9.56. The fourth-order valence-corrected chi connectivity index (χ4v) is 0.632. The van der Waals surface area contributed by atoms with Crippen molar-refractivity contribution in [2.24, 2.45) is 0 Å². The van der Waals surface area contributed by atoms with E-state index in [0.717, 1.165) is 0 Å². The summed E-state index contributed by atoms with van der Waals surface area (Å²) in [6.07, 6.45) is 4.59. The second-order valence-electron chi connectivity index (χ2n) is 2.17. The summed E-state index contributed by atoms with van der Waals surface area (Å²) in [7, 11) is 0. The zero-order valence-electron chi connectivity index (χ0n) is 6.88. The molecule has 0 fully saturated rings. The molecule has 1 N–H and O–H groups in total. The van der Waals surface area contributed by atoms with Crippen molar-refractivity contribution in [1.29, 1.82) is 0 Å². The molecule has 2 nitrogen and oxygen atoms in total. The van der Waals surface area contributed by atoms with Gasteiger partial charge in [0.05, 0.1) is 5.57 Å². The average Bonchev–Trinajstić information content (AvgIpc) is 2.04. The van der Waals surface area contributed by atoms with Crippen molar-refractivity contribution in [1.82, 2.24) is 0 Å². The third-order valence-electron chi connectivity index (χ3n) is 1.23. The van der Waals surface area contributed by atoms with Crippen LogP contribution < -0.4 is 0 Å². The van der Waals surface area contributed by atoms with Crippen molar-refractivity contribution in [2.45, 2.75) is 6.92 Å². The lowest BCUT2D eigenvalue weighted by Crippen LogP contribution is -1.96. The van der Waals surface area contributed by atoms with Gasteiger partial charge in [-0.2, -0.15) is 0 Å². The molecule has 0 atom stereocenters. The van der Waals surface area contributed by atoms with Crippen molar-refractivity contribution < 1.29 is 9.90 Å². The number of carboxylic acids is 1. The summed E-state index contributed by atoms with van der Waals surface area (Å²) in [6, 6.07) is 0. The van der Waals surface area contributed by atoms with E-state index in [2.05, 4.69) is 6.58 Å². The maximum atomic E-state index is 10.4. The Labute approximate surface area is 76.8 Å².